The molecular formula is C20H19N3O. The van der Waals surface area contributed by atoms with Gasteiger partial charge in [0.25, 0.3) is 0 Å². The SMILES string of the molecule is Cc1cccc(Nc2ccc(NC(=O)Cc3ccccc3)nc2)c1. The molecule has 4 heteroatoms. The number of nitrogens with one attached hydrogen (secondary N) is 2. The highest BCUT2D eigenvalue weighted by Gasteiger charge is 2.05. The van der Waals surface area contributed by atoms with Gasteiger partial charge < -0.3 is 10.6 Å². The molecular weight excluding hydrogens is 298 g/mol. The predicted molar refractivity (Wildman–Crippen MR) is 97.5 cm³/mol. The molecule has 0 unspecified atom stereocenters. The van der Waals surface area contributed by atoms with Crippen LogP contribution in [0.1, 0.15) is 11.1 Å². The Bertz CT molecular complexity index is 814. The zero-order chi connectivity index (χ0) is 16.8. The first-order chi connectivity index (χ1) is 11.7. The molecule has 2 aromatic carbocycles. The van der Waals surface area contributed by atoms with Gasteiger partial charge >= 0.3 is 0 Å². The van der Waals surface area contributed by atoms with Crippen LogP contribution in [-0.4, -0.2) is 10.9 Å². The summed E-state index contributed by atoms with van der Waals surface area (Å²) in [7, 11) is 0. The van der Waals surface area contributed by atoms with Crippen molar-refractivity contribution in [1.29, 1.82) is 0 Å². The monoisotopic (exact) mass is 317 g/mol. The minimum Gasteiger partial charge on any atom is -0.354 e. The van der Waals surface area contributed by atoms with Crippen LogP contribution in [0.2, 0.25) is 0 Å². The molecule has 3 aromatic rings. The van der Waals surface area contributed by atoms with Crippen LogP contribution in [0, 0.1) is 6.92 Å². The average Bonchev–Trinajstić information content (AvgIpc) is 2.57. The first-order valence-corrected chi connectivity index (χ1v) is 7.82. The molecule has 0 bridgehead atoms. The molecule has 0 atom stereocenters. The van der Waals surface area contributed by atoms with Crippen LogP contribution in [0.5, 0.6) is 0 Å². The van der Waals surface area contributed by atoms with Gasteiger partial charge in [-0.05, 0) is 42.3 Å². The van der Waals surface area contributed by atoms with Crippen molar-refractivity contribution in [3.63, 3.8) is 0 Å². The van der Waals surface area contributed by atoms with E-state index < -0.39 is 0 Å². The van der Waals surface area contributed by atoms with Gasteiger partial charge in [0.15, 0.2) is 0 Å². The number of benzene rings is 2. The molecule has 0 aliphatic carbocycles. The Labute approximate surface area is 141 Å². The van der Waals surface area contributed by atoms with Crippen LogP contribution in [-0.2, 0) is 11.2 Å². The van der Waals surface area contributed by atoms with Crippen molar-refractivity contribution in [1.82, 2.24) is 4.98 Å². The summed E-state index contributed by atoms with van der Waals surface area (Å²) in [5.74, 6) is 0.471. The Hall–Kier alpha value is -3.14. The fraction of sp³-hybridized carbons (Fsp3) is 0.100. The van der Waals surface area contributed by atoms with Crippen LogP contribution in [0.4, 0.5) is 17.2 Å². The molecule has 1 amide bonds. The second-order valence-electron chi connectivity index (χ2n) is 5.64. The van der Waals surface area contributed by atoms with E-state index in [4.69, 9.17) is 0 Å². The summed E-state index contributed by atoms with van der Waals surface area (Å²) in [6.07, 6.45) is 2.05. The fourth-order valence-electron chi connectivity index (χ4n) is 2.40. The molecule has 0 saturated heterocycles. The molecule has 4 nitrogen and oxygen atoms in total. The number of aryl methyl sites for hydroxylation is 1. The van der Waals surface area contributed by atoms with Crippen molar-refractivity contribution < 1.29 is 4.79 Å². The van der Waals surface area contributed by atoms with Crippen molar-refractivity contribution in [2.24, 2.45) is 0 Å². The average molecular weight is 317 g/mol. The largest absolute Gasteiger partial charge is 0.354 e. The van der Waals surface area contributed by atoms with Crippen LogP contribution in [0.25, 0.3) is 0 Å². The van der Waals surface area contributed by atoms with Crippen molar-refractivity contribution in [2.75, 3.05) is 10.6 Å². The second-order valence-corrected chi connectivity index (χ2v) is 5.64. The minimum absolute atomic E-state index is 0.0758. The minimum atomic E-state index is -0.0758. The number of carbonyl (C=O) groups is 1. The second kappa shape index (κ2) is 7.42. The van der Waals surface area contributed by atoms with Crippen LogP contribution in [0.3, 0.4) is 0 Å². The maximum absolute atomic E-state index is 12.0. The van der Waals surface area contributed by atoms with Gasteiger partial charge in [-0.25, -0.2) is 4.98 Å². The maximum atomic E-state index is 12.0. The Kier molecular flexibility index (Phi) is 4.87. The van der Waals surface area contributed by atoms with Gasteiger partial charge in [0, 0.05) is 5.69 Å². The summed E-state index contributed by atoms with van der Waals surface area (Å²) in [5, 5.41) is 6.10. The smallest absolute Gasteiger partial charge is 0.229 e. The molecule has 120 valence electrons. The van der Waals surface area contributed by atoms with Crippen LogP contribution < -0.4 is 10.6 Å². The molecule has 1 aromatic heterocycles. The normalized spacial score (nSPS) is 10.2. The summed E-state index contributed by atoms with van der Waals surface area (Å²) >= 11 is 0. The number of rotatable bonds is 5. The molecule has 0 fully saturated rings. The zero-order valence-electron chi connectivity index (χ0n) is 13.5. The molecule has 3 rings (SSSR count). The van der Waals surface area contributed by atoms with Crippen LogP contribution >= 0.6 is 0 Å². The van der Waals surface area contributed by atoms with Crippen molar-refractivity contribution in [3.8, 4) is 0 Å². The van der Waals surface area contributed by atoms with Crippen molar-refractivity contribution in [3.05, 3.63) is 84.1 Å². The summed E-state index contributed by atoms with van der Waals surface area (Å²) in [6.45, 7) is 2.05. The number of hydrogen-bond donors (Lipinski definition) is 2. The first kappa shape index (κ1) is 15.7. The van der Waals surface area contributed by atoms with E-state index >= 15 is 0 Å². The summed E-state index contributed by atoms with van der Waals surface area (Å²) in [6, 6.07) is 21.5. The summed E-state index contributed by atoms with van der Waals surface area (Å²) < 4.78 is 0. The number of hydrogen-bond acceptors (Lipinski definition) is 3. The summed E-state index contributed by atoms with van der Waals surface area (Å²) in [4.78, 5) is 16.3. The van der Waals surface area contributed by atoms with E-state index in [9.17, 15) is 4.79 Å². The van der Waals surface area contributed by atoms with E-state index in [2.05, 4.69) is 34.7 Å². The third kappa shape index (κ3) is 4.43. The number of aromatic nitrogens is 1. The van der Waals surface area contributed by atoms with E-state index in [1.807, 2.05) is 48.5 Å². The van der Waals surface area contributed by atoms with Crippen LogP contribution in [0.15, 0.2) is 72.9 Å². The van der Waals surface area contributed by atoms with Gasteiger partial charge in [0.1, 0.15) is 5.82 Å². The number of amides is 1. The van der Waals surface area contributed by atoms with Gasteiger partial charge in [0.2, 0.25) is 5.91 Å². The molecule has 0 spiro atoms. The lowest BCUT2D eigenvalue weighted by atomic mass is 10.1. The van der Waals surface area contributed by atoms with E-state index in [0.717, 1.165) is 16.9 Å². The highest BCUT2D eigenvalue weighted by Crippen LogP contribution is 2.18. The Morgan fingerprint density at radius 1 is 0.958 bits per heavy atom. The van der Waals surface area contributed by atoms with E-state index in [0.29, 0.717) is 12.2 Å². The molecule has 0 aliphatic rings. The highest BCUT2D eigenvalue weighted by atomic mass is 16.1. The molecule has 0 aliphatic heterocycles. The third-order valence-corrected chi connectivity index (χ3v) is 3.55. The van der Waals surface area contributed by atoms with Gasteiger partial charge in [0.05, 0.1) is 18.3 Å². The Morgan fingerprint density at radius 2 is 1.79 bits per heavy atom. The van der Waals surface area contributed by atoms with E-state index in [1.54, 1.807) is 12.3 Å². The topological polar surface area (TPSA) is 54.0 Å². The van der Waals surface area contributed by atoms with Crippen molar-refractivity contribution in [2.45, 2.75) is 13.3 Å². The van der Waals surface area contributed by atoms with Gasteiger partial charge in [-0.1, -0.05) is 42.5 Å². The first-order valence-electron chi connectivity index (χ1n) is 7.82. The standard InChI is InChI=1S/C20H19N3O/c1-15-6-5-9-17(12-15)22-18-10-11-19(21-14-18)23-20(24)13-16-7-3-2-4-8-16/h2-12,14,22H,13H2,1H3,(H,21,23,24). The fourth-order valence-corrected chi connectivity index (χ4v) is 2.40. The lowest BCUT2D eigenvalue weighted by Gasteiger charge is -2.08. The molecule has 24 heavy (non-hydrogen) atoms. The summed E-state index contributed by atoms with van der Waals surface area (Å²) in [5.41, 5.74) is 4.06. The number of nitrogens with zero attached hydrogens (tertiary/aromatic N) is 1. The number of carbonyl (C=O) groups excluding carboxylic acids is 1. The van der Waals surface area contributed by atoms with E-state index in [-0.39, 0.29) is 5.91 Å². The quantitative estimate of drug-likeness (QED) is 0.737. The Balaban J connectivity index is 1.59. The molecule has 1 heterocycles. The van der Waals surface area contributed by atoms with Gasteiger partial charge in [-0.3, -0.25) is 4.79 Å². The lowest BCUT2D eigenvalue weighted by molar-refractivity contribution is -0.115. The van der Waals surface area contributed by atoms with Gasteiger partial charge in [-0.2, -0.15) is 0 Å². The number of pyridine rings is 1. The van der Waals surface area contributed by atoms with E-state index in [1.165, 1.54) is 5.56 Å². The van der Waals surface area contributed by atoms with Gasteiger partial charge in [-0.15, -0.1) is 0 Å². The predicted octanol–water partition coefficient (Wildman–Crippen LogP) is 4.31. The third-order valence-electron chi connectivity index (χ3n) is 3.55. The highest BCUT2D eigenvalue weighted by molar-refractivity contribution is 5.91. The maximum Gasteiger partial charge on any atom is 0.229 e. The zero-order valence-corrected chi connectivity index (χ0v) is 13.5. The Morgan fingerprint density at radius 3 is 2.50 bits per heavy atom. The number of anilines is 3. The molecule has 0 radical (unpaired) electrons. The molecule has 0 saturated carbocycles. The molecule has 2 N–H and O–H groups in total. The lowest BCUT2D eigenvalue weighted by Crippen LogP contribution is -2.15. The van der Waals surface area contributed by atoms with Crippen molar-refractivity contribution >= 4 is 23.1 Å².